The van der Waals surface area contributed by atoms with Gasteiger partial charge in [0.05, 0.1) is 5.41 Å². The van der Waals surface area contributed by atoms with Crippen molar-refractivity contribution in [2.75, 3.05) is 13.6 Å². The fraction of sp³-hybridized carbons (Fsp3) is 0.500. The maximum Gasteiger partial charge on any atom is 0.242 e. The summed E-state index contributed by atoms with van der Waals surface area (Å²) in [5.74, 6) is -0.387. The van der Waals surface area contributed by atoms with Crippen molar-refractivity contribution in [3.05, 3.63) is 22.4 Å². The van der Waals surface area contributed by atoms with E-state index in [-0.39, 0.29) is 18.4 Å². The Morgan fingerprint density at radius 3 is 2.67 bits per heavy atom. The van der Waals surface area contributed by atoms with E-state index in [9.17, 15) is 9.59 Å². The maximum absolute atomic E-state index is 11.8. The number of nitrogens with two attached hydrogens (primary N) is 1. The summed E-state index contributed by atoms with van der Waals surface area (Å²) in [5, 5.41) is 7.15. The van der Waals surface area contributed by atoms with Crippen molar-refractivity contribution in [3.63, 3.8) is 0 Å². The molecule has 0 aliphatic carbocycles. The summed E-state index contributed by atoms with van der Waals surface area (Å²) in [5.41, 5.74) is 5.17. The molecule has 2 amide bonds. The predicted molar refractivity (Wildman–Crippen MR) is 72.1 cm³/mol. The fourth-order valence-corrected chi connectivity index (χ4v) is 2.16. The quantitative estimate of drug-likeness (QED) is 0.733. The van der Waals surface area contributed by atoms with Crippen molar-refractivity contribution in [1.29, 1.82) is 0 Å². The molecule has 0 saturated heterocycles. The summed E-state index contributed by atoms with van der Waals surface area (Å²) in [7, 11) is 1.57. The van der Waals surface area contributed by atoms with Gasteiger partial charge in [-0.15, -0.1) is 11.3 Å². The van der Waals surface area contributed by atoms with Gasteiger partial charge in [-0.3, -0.25) is 9.59 Å². The lowest BCUT2D eigenvalue weighted by atomic mass is 9.92. The number of carbonyl (C=O) groups is 2. The zero-order valence-corrected chi connectivity index (χ0v) is 11.6. The third kappa shape index (κ3) is 3.54. The molecule has 0 aromatic carbocycles. The van der Waals surface area contributed by atoms with Gasteiger partial charge in [-0.2, -0.15) is 0 Å². The Morgan fingerprint density at radius 1 is 1.50 bits per heavy atom. The molecule has 6 heteroatoms. The summed E-state index contributed by atoms with van der Waals surface area (Å²) >= 11 is 1.44. The predicted octanol–water partition coefficient (Wildman–Crippen LogP) is 0.636. The van der Waals surface area contributed by atoms with Crippen molar-refractivity contribution < 1.29 is 9.59 Å². The lowest BCUT2D eigenvalue weighted by molar-refractivity contribution is -0.129. The molecule has 0 radical (unpaired) electrons. The second kappa shape index (κ2) is 5.97. The molecular weight excluding hydrogens is 250 g/mol. The number of thiophene rings is 1. The third-order valence-electron chi connectivity index (χ3n) is 2.68. The van der Waals surface area contributed by atoms with Gasteiger partial charge in [0.25, 0.3) is 0 Å². The molecule has 1 aromatic rings. The first-order chi connectivity index (χ1) is 8.38. The van der Waals surface area contributed by atoms with Gasteiger partial charge >= 0.3 is 0 Å². The number of rotatable bonds is 5. The zero-order chi connectivity index (χ0) is 13.8. The number of carbonyl (C=O) groups excluding carboxylic acids is 2. The summed E-state index contributed by atoms with van der Waals surface area (Å²) in [4.78, 5) is 24.2. The molecule has 1 aromatic heterocycles. The SMILES string of the molecule is CNC(=O)C(C)(C)CNC(=O)C(N)c1cccs1. The van der Waals surface area contributed by atoms with Crippen LogP contribution >= 0.6 is 11.3 Å². The molecule has 1 unspecified atom stereocenters. The molecule has 100 valence electrons. The average Bonchev–Trinajstić information content (AvgIpc) is 2.87. The number of hydrogen-bond acceptors (Lipinski definition) is 4. The molecule has 18 heavy (non-hydrogen) atoms. The highest BCUT2D eigenvalue weighted by molar-refractivity contribution is 7.10. The lowest BCUT2D eigenvalue weighted by Gasteiger charge is -2.23. The Bertz CT molecular complexity index is 415. The van der Waals surface area contributed by atoms with Gasteiger partial charge in [0.15, 0.2) is 0 Å². The van der Waals surface area contributed by atoms with Crippen LogP contribution < -0.4 is 16.4 Å². The Morgan fingerprint density at radius 2 is 2.17 bits per heavy atom. The van der Waals surface area contributed by atoms with Crippen LogP contribution in [0.3, 0.4) is 0 Å². The second-order valence-corrected chi connectivity index (χ2v) is 5.65. The smallest absolute Gasteiger partial charge is 0.242 e. The van der Waals surface area contributed by atoms with Gasteiger partial charge in [-0.05, 0) is 25.3 Å². The first-order valence-corrected chi connectivity index (χ1v) is 6.55. The van der Waals surface area contributed by atoms with Crippen LogP contribution in [0.5, 0.6) is 0 Å². The van der Waals surface area contributed by atoms with Crippen molar-refractivity contribution in [2.24, 2.45) is 11.1 Å². The Hall–Kier alpha value is -1.40. The van der Waals surface area contributed by atoms with E-state index >= 15 is 0 Å². The molecule has 0 aliphatic rings. The van der Waals surface area contributed by atoms with Crippen molar-refractivity contribution in [2.45, 2.75) is 19.9 Å². The maximum atomic E-state index is 11.8. The monoisotopic (exact) mass is 269 g/mol. The van der Waals surface area contributed by atoms with E-state index in [4.69, 9.17) is 5.73 Å². The van der Waals surface area contributed by atoms with E-state index in [1.165, 1.54) is 11.3 Å². The second-order valence-electron chi connectivity index (χ2n) is 4.67. The fourth-order valence-electron chi connectivity index (χ4n) is 1.43. The lowest BCUT2D eigenvalue weighted by Crippen LogP contribution is -2.45. The van der Waals surface area contributed by atoms with Gasteiger partial charge in [0.1, 0.15) is 6.04 Å². The van der Waals surface area contributed by atoms with Crippen molar-refractivity contribution in [1.82, 2.24) is 10.6 Å². The number of hydrogen-bond donors (Lipinski definition) is 3. The zero-order valence-electron chi connectivity index (χ0n) is 10.8. The van der Waals surface area contributed by atoms with Gasteiger partial charge in [0.2, 0.25) is 11.8 Å². The van der Waals surface area contributed by atoms with Crippen LogP contribution in [0.1, 0.15) is 24.8 Å². The van der Waals surface area contributed by atoms with Crippen LogP contribution in [0.25, 0.3) is 0 Å². The molecule has 0 spiro atoms. The number of amides is 2. The highest BCUT2D eigenvalue weighted by Gasteiger charge is 2.28. The third-order valence-corrected chi connectivity index (χ3v) is 3.63. The largest absolute Gasteiger partial charge is 0.359 e. The topological polar surface area (TPSA) is 84.2 Å². The van der Waals surface area contributed by atoms with Crippen LogP contribution in [0.15, 0.2) is 17.5 Å². The summed E-state index contributed by atoms with van der Waals surface area (Å²) in [6.07, 6.45) is 0. The van der Waals surface area contributed by atoms with Crippen molar-refractivity contribution >= 4 is 23.2 Å². The van der Waals surface area contributed by atoms with E-state index in [1.807, 2.05) is 17.5 Å². The van der Waals surface area contributed by atoms with Gasteiger partial charge < -0.3 is 16.4 Å². The van der Waals surface area contributed by atoms with Crippen LogP contribution in [-0.2, 0) is 9.59 Å². The van der Waals surface area contributed by atoms with E-state index in [1.54, 1.807) is 20.9 Å². The van der Waals surface area contributed by atoms with Gasteiger partial charge in [-0.25, -0.2) is 0 Å². The number of nitrogens with one attached hydrogen (secondary N) is 2. The molecule has 1 atom stereocenters. The highest BCUT2D eigenvalue weighted by atomic mass is 32.1. The average molecular weight is 269 g/mol. The van der Waals surface area contributed by atoms with Gasteiger partial charge in [-0.1, -0.05) is 6.07 Å². The molecule has 0 saturated carbocycles. The molecule has 0 aliphatic heterocycles. The van der Waals surface area contributed by atoms with Crippen LogP contribution in [-0.4, -0.2) is 25.4 Å². The first kappa shape index (κ1) is 14.7. The molecule has 1 heterocycles. The van der Waals surface area contributed by atoms with E-state index < -0.39 is 11.5 Å². The Kier molecular flexibility index (Phi) is 4.86. The molecule has 5 nitrogen and oxygen atoms in total. The minimum absolute atomic E-state index is 0.118. The minimum Gasteiger partial charge on any atom is -0.359 e. The van der Waals surface area contributed by atoms with E-state index in [0.717, 1.165) is 4.88 Å². The Balaban J connectivity index is 2.54. The van der Waals surface area contributed by atoms with E-state index in [2.05, 4.69) is 10.6 Å². The Labute approximate surface area is 111 Å². The van der Waals surface area contributed by atoms with Crippen LogP contribution in [0, 0.1) is 5.41 Å². The highest BCUT2D eigenvalue weighted by Crippen LogP contribution is 2.18. The van der Waals surface area contributed by atoms with Crippen LogP contribution in [0.4, 0.5) is 0 Å². The molecule has 0 bridgehead atoms. The summed E-state index contributed by atoms with van der Waals surface area (Å²) < 4.78 is 0. The van der Waals surface area contributed by atoms with E-state index in [0.29, 0.717) is 0 Å². The van der Waals surface area contributed by atoms with Gasteiger partial charge in [0, 0.05) is 18.5 Å². The normalized spacial score (nSPS) is 12.9. The standard InChI is InChI=1S/C12H19N3O2S/c1-12(2,11(17)14-3)7-15-10(16)9(13)8-5-4-6-18-8/h4-6,9H,7,13H2,1-3H3,(H,14,17)(H,15,16). The molecular formula is C12H19N3O2S. The molecule has 0 fully saturated rings. The molecule has 4 N–H and O–H groups in total. The summed E-state index contributed by atoms with van der Waals surface area (Å²) in [6, 6.07) is 2.99. The minimum atomic E-state index is -0.675. The first-order valence-electron chi connectivity index (χ1n) is 5.67. The summed E-state index contributed by atoms with van der Waals surface area (Å²) in [6.45, 7) is 3.79. The van der Waals surface area contributed by atoms with Crippen LogP contribution in [0.2, 0.25) is 0 Å². The molecule has 1 rings (SSSR count). The van der Waals surface area contributed by atoms with Crippen molar-refractivity contribution in [3.8, 4) is 0 Å².